The van der Waals surface area contributed by atoms with Gasteiger partial charge in [0.2, 0.25) is 0 Å². The van der Waals surface area contributed by atoms with Crippen molar-refractivity contribution in [2.45, 2.75) is 6.92 Å². The van der Waals surface area contributed by atoms with Crippen molar-refractivity contribution in [1.29, 1.82) is 0 Å². The molecule has 0 aliphatic carbocycles. The zero-order valence-electron chi connectivity index (χ0n) is 11.8. The number of anilines is 2. The summed E-state index contributed by atoms with van der Waals surface area (Å²) >= 11 is 0. The molecule has 0 spiro atoms. The molecule has 20 heavy (non-hydrogen) atoms. The van der Waals surface area contributed by atoms with Gasteiger partial charge in [0.25, 0.3) is 0 Å². The highest BCUT2D eigenvalue weighted by Gasteiger charge is 2.08. The number of benzene rings is 1. The summed E-state index contributed by atoms with van der Waals surface area (Å²) in [5, 5.41) is 7.11. The first-order chi connectivity index (χ1) is 9.55. The maximum absolute atomic E-state index is 11.5. The molecule has 0 fully saturated rings. The van der Waals surface area contributed by atoms with Gasteiger partial charge in [-0.1, -0.05) is 0 Å². The number of rotatable bonds is 4. The molecule has 0 bridgehead atoms. The smallest absolute Gasteiger partial charge is 0.365 e. The highest BCUT2D eigenvalue weighted by molar-refractivity contribution is 5.62. The third-order valence-electron chi connectivity index (χ3n) is 2.77. The van der Waals surface area contributed by atoms with E-state index in [2.05, 4.69) is 15.4 Å². The Labute approximate surface area is 116 Å². The first-order valence-corrected chi connectivity index (χ1v) is 5.96. The largest absolute Gasteiger partial charge is 0.493 e. The molecule has 0 radical (unpaired) electrons. The van der Waals surface area contributed by atoms with Crippen LogP contribution in [0.15, 0.2) is 23.0 Å². The lowest BCUT2D eigenvalue weighted by molar-refractivity contribution is 0.355. The molecule has 0 aliphatic rings. The number of methoxy groups -OCH3 is 2. The summed E-state index contributed by atoms with van der Waals surface area (Å²) in [5.41, 5.74) is 0.939. The van der Waals surface area contributed by atoms with Gasteiger partial charge in [-0.05, 0) is 19.1 Å². The van der Waals surface area contributed by atoms with Gasteiger partial charge in [0.1, 0.15) is 5.69 Å². The predicted molar refractivity (Wildman–Crippen MR) is 74.8 cm³/mol. The minimum Gasteiger partial charge on any atom is -0.493 e. The van der Waals surface area contributed by atoms with Crippen LogP contribution in [0.2, 0.25) is 0 Å². The van der Waals surface area contributed by atoms with Gasteiger partial charge in [-0.2, -0.15) is 10.1 Å². The summed E-state index contributed by atoms with van der Waals surface area (Å²) < 4.78 is 11.6. The van der Waals surface area contributed by atoms with Crippen molar-refractivity contribution in [3.8, 4) is 11.5 Å². The van der Waals surface area contributed by atoms with E-state index in [9.17, 15) is 4.79 Å². The SMILES string of the molecule is COc1ccc(Nc2nc(=O)n(C)nc2C)cc1OC. The van der Waals surface area contributed by atoms with Crippen LogP contribution in [0.1, 0.15) is 5.69 Å². The Morgan fingerprint density at radius 2 is 1.90 bits per heavy atom. The molecule has 0 saturated heterocycles. The maximum atomic E-state index is 11.5. The Morgan fingerprint density at radius 3 is 2.55 bits per heavy atom. The van der Waals surface area contributed by atoms with Crippen LogP contribution in [0.25, 0.3) is 0 Å². The molecule has 0 unspecified atom stereocenters. The number of nitrogens with zero attached hydrogens (tertiary/aromatic N) is 3. The number of hydrogen-bond donors (Lipinski definition) is 1. The molecule has 0 atom stereocenters. The Bertz CT molecular complexity index is 682. The molecule has 1 N–H and O–H groups in total. The van der Waals surface area contributed by atoms with E-state index < -0.39 is 5.69 Å². The van der Waals surface area contributed by atoms with Crippen LogP contribution < -0.4 is 20.5 Å². The Hall–Kier alpha value is -2.57. The van der Waals surface area contributed by atoms with E-state index in [1.807, 2.05) is 0 Å². The topological polar surface area (TPSA) is 78.3 Å². The molecule has 7 heteroatoms. The Morgan fingerprint density at radius 1 is 1.20 bits per heavy atom. The van der Waals surface area contributed by atoms with Gasteiger partial charge < -0.3 is 14.8 Å². The second kappa shape index (κ2) is 5.60. The van der Waals surface area contributed by atoms with Crippen LogP contribution >= 0.6 is 0 Å². The Balaban J connectivity index is 2.35. The first-order valence-electron chi connectivity index (χ1n) is 5.96. The molecule has 0 amide bonds. The lowest BCUT2D eigenvalue weighted by Gasteiger charge is -2.11. The lowest BCUT2D eigenvalue weighted by Crippen LogP contribution is -2.24. The van der Waals surface area contributed by atoms with Gasteiger partial charge in [0.15, 0.2) is 17.3 Å². The zero-order valence-corrected chi connectivity index (χ0v) is 11.8. The molecule has 1 heterocycles. The monoisotopic (exact) mass is 276 g/mol. The van der Waals surface area contributed by atoms with Crippen LogP contribution in [0.4, 0.5) is 11.5 Å². The maximum Gasteiger partial charge on any atom is 0.365 e. The molecule has 7 nitrogen and oxygen atoms in total. The molecule has 1 aromatic heterocycles. The summed E-state index contributed by atoms with van der Waals surface area (Å²) in [6, 6.07) is 5.34. The van der Waals surface area contributed by atoms with E-state index in [1.165, 1.54) is 4.68 Å². The predicted octanol–water partition coefficient (Wildman–Crippen LogP) is 1.24. The number of aromatic nitrogens is 3. The van der Waals surface area contributed by atoms with E-state index in [0.29, 0.717) is 23.0 Å². The highest BCUT2D eigenvalue weighted by Crippen LogP contribution is 2.30. The normalized spacial score (nSPS) is 10.2. The molecule has 0 aliphatic heterocycles. The van der Waals surface area contributed by atoms with E-state index >= 15 is 0 Å². The third-order valence-corrected chi connectivity index (χ3v) is 2.77. The van der Waals surface area contributed by atoms with Crippen LogP contribution in [-0.4, -0.2) is 29.0 Å². The number of ether oxygens (including phenoxy) is 2. The molecule has 106 valence electrons. The molecular formula is C13H16N4O3. The number of nitrogens with one attached hydrogen (secondary N) is 1. The van der Waals surface area contributed by atoms with Crippen molar-refractivity contribution in [1.82, 2.24) is 14.8 Å². The van der Waals surface area contributed by atoms with Gasteiger partial charge in [-0.15, -0.1) is 0 Å². The minimum absolute atomic E-state index is 0.417. The average molecular weight is 276 g/mol. The summed E-state index contributed by atoms with van der Waals surface area (Å²) in [6.07, 6.45) is 0. The van der Waals surface area contributed by atoms with Gasteiger partial charge >= 0.3 is 5.69 Å². The first kappa shape index (κ1) is 13.9. The van der Waals surface area contributed by atoms with Crippen molar-refractivity contribution >= 4 is 11.5 Å². The van der Waals surface area contributed by atoms with E-state index in [1.54, 1.807) is 46.4 Å². The summed E-state index contributed by atoms with van der Waals surface area (Å²) in [6.45, 7) is 1.77. The fraction of sp³-hybridized carbons (Fsp3) is 0.308. The van der Waals surface area contributed by atoms with E-state index in [-0.39, 0.29) is 0 Å². The van der Waals surface area contributed by atoms with E-state index in [4.69, 9.17) is 9.47 Å². The second-order valence-electron chi connectivity index (χ2n) is 4.15. The van der Waals surface area contributed by atoms with Crippen molar-refractivity contribution in [2.24, 2.45) is 7.05 Å². The molecule has 1 aromatic carbocycles. The average Bonchev–Trinajstić information content (AvgIpc) is 2.44. The minimum atomic E-state index is -0.418. The van der Waals surface area contributed by atoms with Crippen molar-refractivity contribution in [3.05, 3.63) is 34.4 Å². The van der Waals surface area contributed by atoms with Crippen molar-refractivity contribution in [3.63, 3.8) is 0 Å². The standard InChI is InChI=1S/C13H16N4O3/c1-8-12(15-13(18)17(2)16-8)14-9-5-6-10(19-3)11(7-9)20-4/h5-7H,1-4H3,(H,14,15,18). The van der Waals surface area contributed by atoms with Crippen LogP contribution in [0.3, 0.4) is 0 Å². The quantitative estimate of drug-likeness (QED) is 0.905. The van der Waals surface area contributed by atoms with Gasteiger partial charge in [-0.25, -0.2) is 9.48 Å². The lowest BCUT2D eigenvalue weighted by atomic mass is 10.2. The fourth-order valence-electron chi connectivity index (χ4n) is 1.73. The molecular weight excluding hydrogens is 260 g/mol. The highest BCUT2D eigenvalue weighted by atomic mass is 16.5. The zero-order chi connectivity index (χ0) is 14.7. The summed E-state index contributed by atoms with van der Waals surface area (Å²) in [5.74, 6) is 1.64. The van der Waals surface area contributed by atoms with Crippen molar-refractivity contribution in [2.75, 3.05) is 19.5 Å². The van der Waals surface area contributed by atoms with Crippen molar-refractivity contribution < 1.29 is 9.47 Å². The Kier molecular flexibility index (Phi) is 3.88. The molecule has 2 aromatic rings. The van der Waals surface area contributed by atoms with E-state index in [0.717, 1.165) is 5.69 Å². The van der Waals surface area contributed by atoms with Gasteiger partial charge in [-0.3, -0.25) is 0 Å². The number of aryl methyl sites for hydroxylation is 2. The fourth-order valence-corrected chi connectivity index (χ4v) is 1.73. The molecule has 2 rings (SSSR count). The van der Waals surface area contributed by atoms with Crippen LogP contribution in [0, 0.1) is 6.92 Å². The summed E-state index contributed by atoms with van der Waals surface area (Å²) in [7, 11) is 4.69. The summed E-state index contributed by atoms with van der Waals surface area (Å²) in [4.78, 5) is 15.4. The van der Waals surface area contributed by atoms with Crippen LogP contribution in [0.5, 0.6) is 11.5 Å². The number of hydrogen-bond acceptors (Lipinski definition) is 6. The third kappa shape index (κ3) is 2.71. The van der Waals surface area contributed by atoms with Gasteiger partial charge in [0, 0.05) is 18.8 Å². The second-order valence-corrected chi connectivity index (χ2v) is 4.15. The molecule has 0 saturated carbocycles. The van der Waals surface area contributed by atoms with Gasteiger partial charge in [0.05, 0.1) is 14.2 Å². The van der Waals surface area contributed by atoms with Crippen LogP contribution in [-0.2, 0) is 7.05 Å².